The number of fused-ring (bicyclic) bond motifs is 3. The molecule has 0 unspecified atom stereocenters. The molecule has 170 valence electrons. The Hall–Kier alpha value is -3.53. The molecule has 0 spiro atoms. The van der Waals surface area contributed by atoms with Gasteiger partial charge in [-0.25, -0.2) is 9.97 Å². The number of hydrogen-bond acceptors (Lipinski definition) is 8. The molecule has 3 aliphatic rings. The number of benzene rings is 1. The van der Waals surface area contributed by atoms with Gasteiger partial charge >= 0.3 is 0 Å². The van der Waals surface area contributed by atoms with Gasteiger partial charge in [0.1, 0.15) is 23.1 Å². The number of aromatic nitrogens is 5. The second-order valence-electron chi connectivity index (χ2n) is 9.20. The Morgan fingerprint density at radius 2 is 1.88 bits per heavy atom. The minimum absolute atomic E-state index is 0.234. The van der Waals surface area contributed by atoms with Crippen LogP contribution in [0.2, 0.25) is 5.02 Å². The maximum atomic E-state index is 9.82. The van der Waals surface area contributed by atoms with Gasteiger partial charge in [-0.1, -0.05) is 11.6 Å². The maximum absolute atomic E-state index is 9.82. The lowest BCUT2D eigenvalue weighted by Crippen LogP contribution is -2.35. The summed E-state index contributed by atoms with van der Waals surface area (Å²) in [6, 6.07) is 12.2. The van der Waals surface area contributed by atoms with Crippen molar-refractivity contribution >= 4 is 17.5 Å². The van der Waals surface area contributed by atoms with Crippen molar-refractivity contribution in [2.24, 2.45) is 0 Å². The summed E-state index contributed by atoms with van der Waals surface area (Å²) in [6.07, 6.45) is 5.16. The molecular weight excluding hydrogens is 450 g/mol. The minimum atomic E-state index is -0.413. The number of anilines is 1. The Bertz CT molecular complexity index is 1340. The van der Waals surface area contributed by atoms with E-state index in [2.05, 4.69) is 46.7 Å². The van der Waals surface area contributed by atoms with Crippen LogP contribution < -0.4 is 4.90 Å². The minimum Gasteiger partial charge on any atom is -0.341 e. The Morgan fingerprint density at radius 1 is 1.06 bits per heavy atom. The van der Waals surface area contributed by atoms with Crippen LogP contribution in [0.5, 0.6) is 0 Å². The van der Waals surface area contributed by atoms with Crippen molar-refractivity contribution in [2.75, 3.05) is 18.0 Å². The summed E-state index contributed by atoms with van der Waals surface area (Å²) in [5.74, 6) is 2.65. The van der Waals surface area contributed by atoms with E-state index in [1.165, 1.54) is 0 Å². The molecule has 0 atom stereocenters. The van der Waals surface area contributed by atoms with Crippen molar-refractivity contribution in [1.29, 1.82) is 10.5 Å². The molecule has 9 nitrogen and oxygen atoms in total. The quantitative estimate of drug-likeness (QED) is 0.571. The van der Waals surface area contributed by atoms with Gasteiger partial charge in [0.15, 0.2) is 5.82 Å². The molecule has 2 aromatic heterocycles. The normalized spacial score (nSPS) is 19.4. The van der Waals surface area contributed by atoms with E-state index >= 15 is 0 Å². The molecule has 1 aromatic carbocycles. The molecule has 0 amide bonds. The van der Waals surface area contributed by atoms with Gasteiger partial charge in [0.2, 0.25) is 5.95 Å². The summed E-state index contributed by atoms with van der Waals surface area (Å²) in [4.78, 5) is 13.0. The first kappa shape index (κ1) is 21.0. The summed E-state index contributed by atoms with van der Waals surface area (Å²) >= 11 is 6.37. The van der Waals surface area contributed by atoms with Crippen molar-refractivity contribution in [1.82, 2.24) is 29.6 Å². The lowest BCUT2D eigenvalue weighted by molar-refractivity contribution is 0.197. The predicted octanol–water partition coefficient (Wildman–Crippen LogP) is 3.34. The van der Waals surface area contributed by atoms with Crippen LogP contribution in [0.3, 0.4) is 0 Å². The molecule has 1 saturated heterocycles. The standard InChI is InChI=1S/C24H22ClN9/c25-18-1-2-20-17(11-18)13-33(24(15-27)6-7-24)14-21-30-31-22(34(20)21)16-4-9-32(10-5-16)23-28-8-3-19(12-26)29-23/h1-3,8,11,16H,4-7,9-10,13-14H2. The van der Waals surface area contributed by atoms with Crippen LogP contribution in [0.1, 0.15) is 54.5 Å². The number of nitriles is 2. The van der Waals surface area contributed by atoms with E-state index in [1.807, 2.05) is 18.2 Å². The smallest absolute Gasteiger partial charge is 0.226 e. The maximum Gasteiger partial charge on any atom is 0.226 e. The number of rotatable bonds is 3. The monoisotopic (exact) mass is 471 g/mol. The van der Waals surface area contributed by atoms with Crippen LogP contribution in [-0.2, 0) is 13.1 Å². The molecule has 34 heavy (non-hydrogen) atoms. The highest BCUT2D eigenvalue weighted by molar-refractivity contribution is 6.30. The third-order valence-electron chi connectivity index (χ3n) is 7.17. The van der Waals surface area contributed by atoms with Crippen molar-refractivity contribution in [3.8, 4) is 17.8 Å². The van der Waals surface area contributed by atoms with Gasteiger partial charge in [-0.3, -0.25) is 9.47 Å². The molecule has 6 rings (SSSR count). The number of halogens is 1. The van der Waals surface area contributed by atoms with Gasteiger partial charge in [-0.15, -0.1) is 10.2 Å². The third kappa shape index (κ3) is 3.49. The lowest BCUT2D eigenvalue weighted by atomic mass is 9.95. The first-order valence-electron chi connectivity index (χ1n) is 11.5. The second kappa shape index (κ2) is 8.05. The van der Waals surface area contributed by atoms with E-state index in [4.69, 9.17) is 16.9 Å². The van der Waals surface area contributed by atoms with Crippen molar-refractivity contribution in [2.45, 2.75) is 50.2 Å². The Balaban J connectivity index is 1.31. The summed E-state index contributed by atoms with van der Waals surface area (Å²) in [7, 11) is 0. The molecule has 0 radical (unpaired) electrons. The summed E-state index contributed by atoms with van der Waals surface area (Å²) < 4.78 is 2.19. The molecular formula is C24H22ClN9. The molecule has 4 heterocycles. The van der Waals surface area contributed by atoms with Crippen molar-refractivity contribution < 1.29 is 0 Å². The van der Waals surface area contributed by atoms with E-state index in [9.17, 15) is 5.26 Å². The fourth-order valence-electron chi connectivity index (χ4n) is 5.11. The fourth-order valence-corrected chi connectivity index (χ4v) is 5.31. The molecule has 0 bridgehead atoms. The highest BCUT2D eigenvalue weighted by Crippen LogP contribution is 2.44. The largest absolute Gasteiger partial charge is 0.341 e. The SMILES string of the molecule is N#Cc1ccnc(N2CCC(c3nnc4n3-c3ccc(Cl)cc3CN(C3(C#N)CC3)C4)CC2)n1. The molecule has 2 fully saturated rings. The highest BCUT2D eigenvalue weighted by atomic mass is 35.5. The summed E-state index contributed by atoms with van der Waals surface area (Å²) in [6.45, 7) is 2.80. The second-order valence-corrected chi connectivity index (χ2v) is 9.63. The average Bonchev–Trinajstić information content (AvgIpc) is 3.60. The third-order valence-corrected chi connectivity index (χ3v) is 7.40. The van der Waals surface area contributed by atoms with Gasteiger partial charge in [0, 0.05) is 36.8 Å². The topological polar surface area (TPSA) is 111 Å². The first-order valence-corrected chi connectivity index (χ1v) is 11.9. The Labute approximate surface area is 202 Å². The number of hydrogen-bond donors (Lipinski definition) is 0. The number of piperidine rings is 1. The molecule has 3 aromatic rings. The average molecular weight is 472 g/mol. The highest BCUT2D eigenvalue weighted by Gasteiger charge is 2.50. The predicted molar refractivity (Wildman–Crippen MR) is 124 cm³/mol. The zero-order valence-electron chi connectivity index (χ0n) is 18.5. The van der Waals surface area contributed by atoms with Gasteiger partial charge in [-0.2, -0.15) is 10.5 Å². The lowest BCUT2D eigenvalue weighted by Gasteiger charge is -2.31. The van der Waals surface area contributed by atoms with Crippen LogP contribution in [-0.4, -0.2) is 48.3 Å². The van der Waals surface area contributed by atoms with E-state index in [0.717, 1.165) is 61.7 Å². The van der Waals surface area contributed by atoms with Crippen LogP contribution >= 0.6 is 11.6 Å². The van der Waals surface area contributed by atoms with Gasteiger partial charge in [-0.05, 0) is 55.5 Å². The van der Waals surface area contributed by atoms with E-state index < -0.39 is 5.54 Å². The van der Waals surface area contributed by atoms with E-state index in [-0.39, 0.29) is 5.92 Å². The fraction of sp³-hybridized carbons (Fsp3) is 0.417. The Kier molecular flexibility index (Phi) is 4.98. The van der Waals surface area contributed by atoms with Gasteiger partial charge < -0.3 is 4.90 Å². The van der Waals surface area contributed by atoms with Gasteiger partial charge in [0.05, 0.1) is 18.3 Å². The van der Waals surface area contributed by atoms with Crippen LogP contribution in [0.15, 0.2) is 30.5 Å². The van der Waals surface area contributed by atoms with E-state index in [1.54, 1.807) is 12.3 Å². The summed E-state index contributed by atoms with van der Waals surface area (Å²) in [5, 5.41) is 28.9. The molecule has 10 heteroatoms. The van der Waals surface area contributed by atoms with Crippen LogP contribution in [0.4, 0.5) is 5.95 Å². The molecule has 1 saturated carbocycles. The molecule has 0 N–H and O–H groups in total. The van der Waals surface area contributed by atoms with Gasteiger partial charge in [0.25, 0.3) is 0 Å². The first-order chi connectivity index (χ1) is 16.6. The van der Waals surface area contributed by atoms with E-state index in [0.29, 0.717) is 29.8 Å². The zero-order chi connectivity index (χ0) is 23.3. The van der Waals surface area contributed by atoms with Crippen molar-refractivity contribution in [3.05, 3.63) is 58.4 Å². The van der Waals surface area contributed by atoms with Crippen molar-refractivity contribution in [3.63, 3.8) is 0 Å². The zero-order valence-corrected chi connectivity index (χ0v) is 19.3. The Morgan fingerprint density at radius 3 is 2.62 bits per heavy atom. The van der Waals surface area contributed by atoms with Crippen LogP contribution in [0.25, 0.3) is 5.69 Å². The molecule has 2 aliphatic heterocycles. The van der Waals surface area contributed by atoms with Crippen LogP contribution in [0, 0.1) is 22.7 Å². The summed E-state index contributed by atoms with van der Waals surface area (Å²) in [5.41, 5.74) is 2.10. The number of nitrogens with zero attached hydrogens (tertiary/aromatic N) is 9. The molecule has 1 aliphatic carbocycles.